The topological polar surface area (TPSA) is 181 Å². The first kappa shape index (κ1) is 34.3. The molecule has 3 fully saturated rings. The molecule has 1 aromatic carbocycles. The van der Waals surface area contributed by atoms with Gasteiger partial charge in [0.05, 0.1) is 34.6 Å². The van der Waals surface area contributed by atoms with E-state index >= 15 is 0 Å². The quantitative estimate of drug-likeness (QED) is 0.228. The van der Waals surface area contributed by atoms with E-state index in [0.29, 0.717) is 18.9 Å². The molecule has 1 saturated heterocycles. The maximum absolute atomic E-state index is 14.1. The van der Waals surface area contributed by atoms with Gasteiger partial charge >= 0.3 is 6.09 Å². The molecule has 4 heterocycles. The smallest absolute Gasteiger partial charge is 0.407 e. The van der Waals surface area contributed by atoms with E-state index in [9.17, 15) is 28.3 Å². The number of hydrogen-bond donors (Lipinski definition) is 4. The molecular weight excluding hydrogens is 648 g/mol. The molecule has 3 aliphatic rings. The van der Waals surface area contributed by atoms with E-state index in [0.717, 1.165) is 39.9 Å². The number of halogens is 3. The van der Waals surface area contributed by atoms with E-state index in [1.807, 2.05) is 30.3 Å². The van der Waals surface area contributed by atoms with Gasteiger partial charge in [-0.05, 0) is 68.5 Å². The SMILES string of the molecule is Cl.NC1(c2ccccn2)CC1.O=C(N[C@H]1CCN(C(=O)O)C[C@@H]1C(=O)NC1(c2ccccn2)CC1)c1cn(-c2ccc(F)cc2F)nn1. The Morgan fingerprint density at radius 1 is 0.958 bits per heavy atom. The van der Waals surface area contributed by atoms with Crippen LogP contribution in [0, 0.1) is 17.6 Å². The zero-order valence-corrected chi connectivity index (χ0v) is 26.4. The molecule has 1 aliphatic heterocycles. The lowest BCUT2D eigenvalue weighted by atomic mass is 9.90. The molecule has 7 rings (SSSR count). The number of piperidine rings is 1. The molecule has 3 amide bonds. The highest BCUT2D eigenvalue weighted by molar-refractivity contribution is 5.93. The fourth-order valence-electron chi connectivity index (χ4n) is 5.55. The molecule has 48 heavy (non-hydrogen) atoms. The summed E-state index contributed by atoms with van der Waals surface area (Å²) in [6, 6.07) is 13.5. The Hall–Kier alpha value is -5.02. The third-order valence-electron chi connectivity index (χ3n) is 8.65. The highest BCUT2D eigenvalue weighted by atomic mass is 35.5. The third-order valence-corrected chi connectivity index (χ3v) is 8.65. The van der Waals surface area contributed by atoms with Gasteiger partial charge in [-0.15, -0.1) is 17.5 Å². The molecule has 2 saturated carbocycles. The average molecular weight is 682 g/mol. The van der Waals surface area contributed by atoms with Crippen LogP contribution in [0.1, 0.15) is 54.0 Å². The minimum Gasteiger partial charge on any atom is -0.465 e. The van der Waals surface area contributed by atoms with Gasteiger partial charge in [0, 0.05) is 37.6 Å². The van der Waals surface area contributed by atoms with Gasteiger partial charge in [0.2, 0.25) is 5.91 Å². The number of amides is 3. The number of nitrogens with one attached hydrogen (secondary N) is 2. The van der Waals surface area contributed by atoms with Crippen molar-refractivity contribution in [2.75, 3.05) is 13.1 Å². The fourth-order valence-corrected chi connectivity index (χ4v) is 5.55. The average Bonchev–Trinajstić information content (AvgIpc) is 3.98. The van der Waals surface area contributed by atoms with Gasteiger partial charge in [0.15, 0.2) is 11.5 Å². The Morgan fingerprint density at radius 2 is 1.65 bits per heavy atom. The van der Waals surface area contributed by atoms with Crippen molar-refractivity contribution in [1.82, 2.24) is 40.5 Å². The predicted octanol–water partition coefficient (Wildman–Crippen LogP) is 3.30. The predicted molar refractivity (Wildman–Crippen MR) is 170 cm³/mol. The van der Waals surface area contributed by atoms with Crippen molar-refractivity contribution in [2.24, 2.45) is 11.7 Å². The fraction of sp³-hybridized carbons (Fsp3) is 0.344. The van der Waals surface area contributed by atoms with Gasteiger partial charge in [-0.1, -0.05) is 17.3 Å². The minimum atomic E-state index is -1.15. The van der Waals surface area contributed by atoms with Crippen LogP contribution < -0.4 is 16.4 Å². The van der Waals surface area contributed by atoms with E-state index in [-0.39, 0.29) is 48.8 Å². The number of aromatic nitrogens is 5. The Balaban J connectivity index is 0.000000348. The van der Waals surface area contributed by atoms with Crippen LogP contribution in [-0.4, -0.2) is 72.0 Å². The summed E-state index contributed by atoms with van der Waals surface area (Å²) in [5.74, 6) is -3.55. The second kappa shape index (κ2) is 14.0. The van der Waals surface area contributed by atoms with Crippen LogP contribution in [0.3, 0.4) is 0 Å². The highest BCUT2D eigenvalue weighted by Crippen LogP contribution is 2.45. The standard InChI is InChI=1S/C24H23F2N7O4.C8H10N2.ClH/c25-14-4-5-19(16(26)11-14)33-13-18(30-31-33)22(35)28-17-6-10-32(23(36)37)12-15(17)21(34)29-24(7-8-24)20-3-1-2-9-27-20;9-8(4-5-8)7-3-1-2-6-10-7;/h1-5,9,11,13,15,17H,6-8,10,12H2,(H,28,35)(H,29,34)(H,36,37);1-3,6H,4-5,9H2;1H/t15-,17-;;/m0../s1. The number of nitrogens with two attached hydrogens (primary N) is 1. The van der Waals surface area contributed by atoms with Crippen molar-refractivity contribution in [1.29, 1.82) is 0 Å². The molecule has 13 nitrogen and oxygen atoms in total. The van der Waals surface area contributed by atoms with Crippen LogP contribution in [0.4, 0.5) is 13.6 Å². The molecule has 4 aromatic rings. The zero-order chi connectivity index (χ0) is 33.2. The van der Waals surface area contributed by atoms with Gasteiger partial charge < -0.3 is 26.4 Å². The number of carboxylic acid groups (broad SMARTS) is 1. The van der Waals surface area contributed by atoms with Crippen LogP contribution >= 0.6 is 12.4 Å². The maximum Gasteiger partial charge on any atom is 0.407 e. The van der Waals surface area contributed by atoms with E-state index in [1.54, 1.807) is 18.5 Å². The molecule has 2 atom stereocenters. The van der Waals surface area contributed by atoms with Crippen LogP contribution in [0.25, 0.3) is 5.69 Å². The van der Waals surface area contributed by atoms with Crippen molar-refractivity contribution in [3.8, 4) is 5.69 Å². The number of hydrogen-bond acceptors (Lipinski definition) is 8. The van der Waals surface area contributed by atoms with Crippen LogP contribution in [0.2, 0.25) is 0 Å². The zero-order valence-electron chi connectivity index (χ0n) is 25.6. The summed E-state index contributed by atoms with van der Waals surface area (Å²) in [4.78, 5) is 47.6. The van der Waals surface area contributed by atoms with Gasteiger partial charge in [0.25, 0.3) is 5.91 Å². The third kappa shape index (κ3) is 7.58. The summed E-state index contributed by atoms with van der Waals surface area (Å²) in [5, 5.41) is 22.8. The van der Waals surface area contributed by atoms with E-state index in [1.165, 1.54) is 12.3 Å². The number of pyridine rings is 2. The second-order valence-electron chi connectivity index (χ2n) is 12.0. The normalized spacial score (nSPS) is 19.9. The Bertz CT molecular complexity index is 1770. The monoisotopic (exact) mass is 681 g/mol. The lowest BCUT2D eigenvalue weighted by molar-refractivity contribution is -0.128. The van der Waals surface area contributed by atoms with Crippen LogP contribution in [-0.2, 0) is 15.9 Å². The first-order valence-corrected chi connectivity index (χ1v) is 15.2. The summed E-state index contributed by atoms with van der Waals surface area (Å²) in [6.07, 6.45) is 7.24. The van der Waals surface area contributed by atoms with Gasteiger partial charge in [0.1, 0.15) is 11.5 Å². The lowest BCUT2D eigenvalue weighted by Crippen LogP contribution is -2.57. The van der Waals surface area contributed by atoms with E-state index in [4.69, 9.17) is 5.73 Å². The summed E-state index contributed by atoms with van der Waals surface area (Å²) in [7, 11) is 0. The molecule has 0 spiro atoms. The number of nitrogens with zero attached hydrogens (tertiary/aromatic N) is 6. The Labute approximate surface area is 280 Å². The molecule has 0 unspecified atom stereocenters. The molecule has 0 bridgehead atoms. The summed E-state index contributed by atoms with van der Waals surface area (Å²) in [6.45, 7) is 0.0286. The largest absolute Gasteiger partial charge is 0.465 e. The Morgan fingerprint density at radius 3 is 2.23 bits per heavy atom. The minimum absolute atomic E-state index is 0. The van der Waals surface area contributed by atoms with Gasteiger partial charge in [-0.25, -0.2) is 18.3 Å². The first-order valence-electron chi connectivity index (χ1n) is 15.2. The van der Waals surface area contributed by atoms with Crippen molar-refractivity contribution in [3.63, 3.8) is 0 Å². The number of likely N-dealkylation sites (tertiary alicyclic amines) is 1. The first-order chi connectivity index (χ1) is 22.6. The van der Waals surface area contributed by atoms with E-state index in [2.05, 4.69) is 30.9 Å². The van der Waals surface area contributed by atoms with Gasteiger partial charge in [-0.2, -0.15) is 0 Å². The number of rotatable bonds is 7. The van der Waals surface area contributed by atoms with Crippen LogP contribution in [0.5, 0.6) is 0 Å². The molecule has 16 heteroatoms. The molecular formula is C32H34ClF2N9O4. The molecule has 5 N–H and O–H groups in total. The number of carbonyl (C=O) groups excluding carboxylic acids is 2. The molecule has 3 aromatic heterocycles. The molecule has 0 radical (unpaired) electrons. The van der Waals surface area contributed by atoms with E-state index < -0.39 is 47.0 Å². The number of benzene rings is 1. The van der Waals surface area contributed by atoms with Crippen molar-refractivity contribution in [2.45, 2.75) is 49.2 Å². The highest BCUT2D eigenvalue weighted by Gasteiger charge is 2.49. The summed E-state index contributed by atoms with van der Waals surface area (Å²) >= 11 is 0. The number of carbonyl (C=O) groups is 3. The van der Waals surface area contributed by atoms with Crippen molar-refractivity contribution in [3.05, 3.63) is 102 Å². The lowest BCUT2D eigenvalue weighted by Gasteiger charge is -2.37. The van der Waals surface area contributed by atoms with Gasteiger partial charge in [-0.3, -0.25) is 19.6 Å². The van der Waals surface area contributed by atoms with Crippen LogP contribution in [0.15, 0.2) is 73.2 Å². The van der Waals surface area contributed by atoms with Crippen molar-refractivity contribution >= 4 is 30.3 Å². The van der Waals surface area contributed by atoms with Crippen molar-refractivity contribution < 1.29 is 28.3 Å². The molecule has 2 aliphatic carbocycles. The maximum atomic E-state index is 14.1. The summed E-state index contributed by atoms with van der Waals surface area (Å²) in [5.41, 5.74) is 6.75. The second-order valence-corrected chi connectivity index (χ2v) is 12.0. The Kier molecular flexibility index (Phi) is 10.0. The summed E-state index contributed by atoms with van der Waals surface area (Å²) < 4.78 is 28.3. The molecule has 252 valence electrons.